The number of anilines is 1. The van der Waals surface area contributed by atoms with Gasteiger partial charge in [0.05, 0.1) is 39.0 Å². The smallest absolute Gasteiger partial charge is 0.297 e. The van der Waals surface area contributed by atoms with Crippen LogP contribution in [0.1, 0.15) is 11.5 Å². The first-order valence-electron chi connectivity index (χ1n) is 11.0. The molecule has 12 heteroatoms. The highest BCUT2D eigenvalue weighted by atomic mass is 32.1. The Hall–Kier alpha value is -3.77. The zero-order valence-corrected chi connectivity index (χ0v) is 20.3. The molecule has 35 heavy (non-hydrogen) atoms. The van der Waals surface area contributed by atoms with Gasteiger partial charge in [-0.3, -0.25) is 0 Å². The quantitative estimate of drug-likeness (QED) is 0.328. The molecule has 0 radical (unpaired) electrons. The van der Waals surface area contributed by atoms with Crippen molar-refractivity contribution in [3.8, 4) is 28.1 Å². The number of fused-ring (bicyclic) bond motifs is 2. The number of hydrogen-bond donors (Lipinski definition) is 0. The number of methoxy groups -OCH3 is 2. The van der Waals surface area contributed by atoms with E-state index in [1.807, 2.05) is 25.1 Å². The van der Waals surface area contributed by atoms with Gasteiger partial charge in [0, 0.05) is 25.2 Å². The second-order valence-electron chi connectivity index (χ2n) is 7.95. The van der Waals surface area contributed by atoms with Crippen LogP contribution in [-0.2, 0) is 11.3 Å². The van der Waals surface area contributed by atoms with Crippen LogP contribution in [0.25, 0.3) is 27.4 Å². The maximum absolute atomic E-state index is 6.21. The number of furan rings is 1. The summed E-state index contributed by atoms with van der Waals surface area (Å²) in [5, 5.41) is 5.75. The van der Waals surface area contributed by atoms with E-state index in [2.05, 4.69) is 20.0 Å². The van der Waals surface area contributed by atoms with Crippen molar-refractivity contribution in [3.05, 3.63) is 35.9 Å². The zero-order chi connectivity index (χ0) is 23.9. The average Bonchev–Trinajstić information content (AvgIpc) is 3.65. The highest BCUT2D eigenvalue weighted by Crippen LogP contribution is 2.38. The Bertz CT molecular complexity index is 1500. The first-order chi connectivity index (χ1) is 17.1. The molecule has 0 atom stereocenters. The molecule has 0 spiro atoms. The number of aromatic nitrogens is 4. The van der Waals surface area contributed by atoms with Crippen molar-refractivity contribution in [2.75, 3.05) is 45.4 Å². The van der Waals surface area contributed by atoms with Crippen molar-refractivity contribution >= 4 is 33.3 Å². The fourth-order valence-electron chi connectivity index (χ4n) is 3.95. The molecule has 1 fully saturated rings. The third-order valence-corrected chi connectivity index (χ3v) is 6.71. The average molecular weight is 498 g/mol. The maximum Gasteiger partial charge on any atom is 0.297 e. The van der Waals surface area contributed by atoms with Crippen molar-refractivity contribution in [2.45, 2.75) is 13.5 Å². The summed E-state index contributed by atoms with van der Waals surface area (Å²) < 4.78 is 36.1. The minimum atomic E-state index is 0.239. The summed E-state index contributed by atoms with van der Waals surface area (Å²) in [5.41, 5.74) is 2.07. The van der Waals surface area contributed by atoms with Crippen molar-refractivity contribution in [1.29, 1.82) is 0 Å². The normalized spacial score (nSPS) is 14.2. The third-order valence-electron chi connectivity index (χ3n) is 5.83. The Morgan fingerprint density at radius 3 is 2.74 bits per heavy atom. The van der Waals surface area contributed by atoms with Gasteiger partial charge in [-0.1, -0.05) is 0 Å². The lowest BCUT2D eigenvalue weighted by atomic mass is 10.2. The van der Waals surface area contributed by atoms with E-state index in [4.69, 9.17) is 27.8 Å². The second-order valence-corrected chi connectivity index (χ2v) is 8.86. The highest BCUT2D eigenvalue weighted by molar-refractivity contribution is 7.18. The molecule has 1 saturated heterocycles. The number of ether oxygens (including phenoxy) is 4. The van der Waals surface area contributed by atoms with Crippen LogP contribution < -0.4 is 19.1 Å². The van der Waals surface area contributed by atoms with E-state index in [-0.39, 0.29) is 6.61 Å². The number of imidazole rings is 1. The van der Waals surface area contributed by atoms with E-state index in [1.54, 1.807) is 24.9 Å². The largest absolute Gasteiger partial charge is 0.496 e. The van der Waals surface area contributed by atoms with Gasteiger partial charge in [-0.05, 0) is 24.3 Å². The van der Waals surface area contributed by atoms with Crippen molar-refractivity contribution in [3.63, 3.8) is 0 Å². The van der Waals surface area contributed by atoms with Crippen LogP contribution >= 0.6 is 11.3 Å². The Kier molecular flexibility index (Phi) is 5.46. The fourth-order valence-corrected chi connectivity index (χ4v) is 4.65. The molecule has 0 saturated carbocycles. The van der Waals surface area contributed by atoms with Gasteiger partial charge < -0.3 is 32.7 Å². The number of benzene rings is 1. The summed E-state index contributed by atoms with van der Waals surface area (Å²) in [6, 6.07) is 6.16. The van der Waals surface area contributed by atoms with Crippen LogP contribution in [0.2, 0.25) is 0 Å². The van der Waals surface area contributed by atoms with Gasteiger partial charge in [-0.15, -0.1) is 5.10 Å². The van der Waals surface area contributed by atoms with Crippen LogP contribution in [0.4, 0.5) is 6.01 Å². The predicted molar refractivity (Wildman–Crippen MR) is 128 cm³/mol. The fraction of sp³-hybridized carbons (Fsp3) is 0.348. The first-order valence-corrected chi connectivity index (χ1v) is 11.9. The minimum Gasteiger partial charge on any atom is -0.496 e. The molecule has 6 rings (SSSR count). The molecule has 182 valence electrons. The molecule has 0 amide bonds. The van der Waals surface area contributed by atoms with Crippen LogP contribution in [0, 0.1) is 6.92 Å². The number of hydrogen-bond acceptors (Lipinski definition) is 11. The highest BCUT2D eigenvalue weighted by Gasteiger charge is 2.21. The number of nitrogens with zero attached hydrogens (tertiary/aromatic N) is 5. The topological polar surface area (TPSA) is 110 Å². The number of rotatable bonds is 7. The summed E-state index contributed by atoms with van der Waals surface area (Å²) in [7, 11) is 3.18. The molecule has 1 aliphatic rings. The summed E-state index contributed by atoms with van der Waals surface area (Å²) in [4.78, 5) is 11.9. The molecule has 11 nitrogen and oxygen atoms in total. The predicted octanol–water partition coefficient (Wildman–Crippen LogP) is 3.93. The molecule has 0 aliphatic carbocycles. The first kappa shape index (κ1) is 21.7. The van der Waals surface area contributed by atoms with Gasteiger partial charge in [0.15, 0.2) is 5.76 Å². The summed E-state index contributed by atoms with van der Waals surface area (Å²) in [6.07, 6.45) is 1.72. The van der Waals surface area contributed by atoms with E-state index in [0.717, 1.165) is 29.9 Å². The van der Waals surface area contributed by atoms with Gasteiger partial charge in [-0.25, -0.2) is 4.98 Å². The van der Waals surface area contributed by atoms with E-state index >= 15 is 0 Å². The molecular weight excluding hydrogens is 474 g/mol. The molecule has 0 N–H and O–H groups in total. The Morgan fingerprint density at radius 1 is 1.09 bits per heavy atom. The van der Waals surface area contributed by atoms with Crippen LogP contribution in [-0.4, -0.2) is 60.1 Å². The zero-order valence-electron chi connectivity index (χ0n) is 19.4. The monoisotopic (exact) mass is 497 g/mol. The number of aryl methyl sites for hydroxylation is 1. The Labute approximate surface area is 203 Å². The lowest BCUT2D eigenvalue weighted by Gasteiger charge is -2.24. The second kappa shape index (κ2) is 8.78. The SMILES string of the molecule is COc1cc(OCc2nc(N3CCOCC3)oc2C)c2cc(-c3cnc4sc(OC)nn34)oc2c1. The van der Waals surface area contributed by atoms with Gasteiger partial charge in [0.25, 0.3) is 11.2 Å². The molecule has 1 aliphatic heterocycles. The Balaban J connectivity index is 1.31. The molecule has 5 heterocycles. The lowest BCUT2D eigenvalue weighted by molar-refractivity contribution is 0.120. The van der Waals surface area contributed by atoms with E-state index in [9.17, 15) is 0 Å². The minimum absolute atomic E-state index is 0.239. The van der Waals surface area contributed by atoms with E-state index in [0.29, 0.717) is 57.9 Å². The standard InChI is InChI=1S/C23H23N5O6S/c1-13-16(25-21(33-13)27-4-6-31-7-5-27)12-32-18-8-14(29-2)9-19-15(18)10-20(34-19)17-11-24-22-28(17)26-23(30-3)35-22/h8-11H,4-7,12H2,1-3H3. The summed E-state index contributed by atoms with van der Waals surface area (Å²) in [5.74, 6) is 2.55. The van der Waals surface area contributed by atoms with Crippen molar-refractivity contribution in [2.24, 2.45) is 0 Å². The molecule has 0 bridgehead atoms. The number of oxazole rings is 1. The van der Waals surface area contributed by atoms with Gasteiger partial charge in [0.2, 0.25) is 4.96 Å². The lowest BCUT2D eigenvalue weighted by Crippen LogP contribution is -2.36. The van der Waals surface area contributed by atoms with Crippen LogP contribution in [0.5, 0.6) is 16.7 Å². The van der Waals surface area contributed by atoms with Gasteiger partial charge >= 0.3 is 0 Å². The third kappa shape index (κ3) is 3.94. The molecule has 1 aromatic carbocycles. The van der Waals surface area contributed by atoms with Gasteiger partial charge in [-0.2, -0.15) is 9.50 Å². The molecule has 0 unspecified atom stereocenters. The Morgan fingerprint density at radius 2 is 1.94 bits per heavy atom. The molecule has 5 aromatic rings. The summed E-state index contributed by atoms with van der Waals surface area (Å²) >= 11 is 1.35. The van der Waals surface area contributed by atoms with Crippen molar-refractivity contribution in [1.82, 2.24) is 19.6 Å². The van der Waals surface area contributed by atoms with Crippen molar-refractivity contribution < 1.29 is 27.8 Å². The van der Waals surface area contributed by atoms with E-state index in [1.165, 1.54) is 11.3 Å². The molecular formula is C23H23N5O6S. The molecule has 4 aromatic heterocycles. The van der Waals surface area contributed by atoms with Crippen LogP contribution in [0.15, 0.2) is 33.2 Å². The van der Waals surface area contributed by atoms with Crippen LogP contribution in [0.3, 0.4) is 0 Å². The van der Waals surface area contributed by atoms with Gasteiger partial charge in [0.1, 0.15) is 40.8 Å². The van der Waals surface area contributed by atoms with E-state index < -0.39 is 0 Å². The maximum atomic E-state index is 6.21. The number of morpholine rings is 1. The summed E-state index contributed by atoms with van der Waals surface area (Å²) in [6.45, 7) is 4.95.